The molecule has 6 heteroatoms. The van der Waals surface area contributed by atoms with Crippen molar-refractivity contribution in [1.29, 1.82) is 0 Å². The molecule has 0 fully saturated rings. The molecule has 5 N–H and O–H groups in total. The fourth-order valence-corrected chi connectivity index (χ4v) is 1.92. The maximum atomic E-state index is 11.1. The summed E-state index contributed by atoms with van der Waals surface area (Å²) in [5.74, 6) is 4.78. The lowest BCUT2D eigenvalue weighted by Gasteiger charge is -2.25. The van der Waals surface area contributed by atoms with Crippen LogP contribution in [0.3, 0.4) is 0 Å². The molecule has 0 saturated carbocycles. The smallest absolute Gasteiger partial charge is 0.408 e. The molecule has 0 amide bonds. The molecule has 0 atom stereocenters. The number of H-pyrrole nitrogens is 1. The van der Waals surface area contributed by atoms with Crippen LogP contribution < -0.4 is 22.3 Å². The van der Waals surface area contributed by atoms with Crippen LogP contribution in [0.25, 0.3) is 11.1 Å². The lowest BCUT2D eigenvalue weighted by Crippen LogP contribution is -2.40. The van der Waals surface area contributed by atoms with Gasteiger partial charge in [-0.15, -0.1) is 0 Å². The van der Waals surface area contributed by atoms with E-state index in [1.54, 1.807) is 0 Å². The predicted molar refractivity (Wildman–Crippen MR) is 70.1 cm³/mol. The minimum absolute atomic E-state index is 0.0825. The van der Waals surface area contributed by atoms with Crippen molar-refractivity contribution in [2.75, 3.05) is 13.2 Å². The van der Waals surface area contributed by atoms with Crippen molar-refractivity contribution < 1.29 is 4.42 Å². The van der Waals surface area contributed by atoms with Crippen LogP contribution in [-0.4, -0.2) is 18.2 Å². The topological polar surface area (TPSA) is 96.1 Å². The molecule has 1 aromatic heterocycles. The second kappa shape index (κ2) is 4.93. The molecule has 0 spiro atoms. The highest BCUT2D eigenvalue weighted by Gasteiger charge is 2.21. The fourth-order valence-electron chi connectivity index (χ4n) is 1.92. The third kappa shape index (κ3) is 2.61. The van der Waals surface area contributed by atoms with Crippen LogP contribution in [-0.2, 0) is 5.41 Å². The highest BCUT2D eigenvalue weighted by atomic mass is 16.4. The van der Waals surface area contributed by atoms with Gasteiger partial charge >= 0.3 is 5.76 Å². The molecule has 0 unspecified atom stereocenters. The van der Waals surface area contributed by atoms with E-state index in [0.717, 1.165) is 17.6 Å². The maximum absolute atomic E-state index is 11.1. The Kier molecular flexibility index (Phi) is 3.51. The molecule has 0 saturated heterocycles. The standard InChI is InChI=1S/C12H18N4O2/c1-12(2,6-14-7-15-13)8-3-4-9-10(5-8)18-11(17)16-9/h3-5,14-15H,6-7,13H2,1-2H3,(H,16,17). The Morgan fingerprint density at radius 2 is 2.22 bits per heavy atom. The highest BCUT2D eigenvalue weighted by molar-refractivity contribution is 5.73. The van der Waals surface area contributed by atoms with Gasteiger partial charge in [0.15, 0.2) is 5.58 Å². The highest BCUT2D eigenvalue weighted by Crippen LogP contribution is 2.25. The van der Waals surface area contributed by atoms with Gasteiger partial charge in [-0.2, -0.15) is 0 Å². The predicted octanol–water partition coefficient (Wildman–Crippen LogP) is 0.409. The van der Waals surface area contributed by atoms with Crippen LogP contribution in [0.4, 0.5) is 0 Å². The number of fused-ring (bicyclic) bond motifs is 1. The Labute approximate surface area is 105 Å². The van der Waals surface area contributed by atoms with E-state index in [1.807, 2.05) is 18.2 Å². The van der Waals surface area contributed by atoms with Gasteiger partial charge in [-0.3, -0.25) is 10.8 Å². The molecule has 6 nitrogen and oxygen atoms in total. The summed E-state index contributed by atoms with van der Waals surface area (Å²) in [5.41, 5.74) is 4.87. The lowest BCUT2D eigenvalue weighted by molar-refractivity contribution is 0.454. The fraction of sp³-hybridized carbons (Fsp3) is 0.417. The van der Waals surface area contributed by atoms with Crippen molar-refractivity contribution in [2.45, 2.75) is 19.3 Å². The number of benzene rings is 1. The van der Waals surface area contributed by atoms with E-state index in [2.05, 4.69) is 29.6 Å². The molecule has 0 aliphatic carbocycles. The summed E-state index contributed by atoms with van der Waals surface area (Å²) in [6, 6.07) is 5.74. The van der Waals surface area contributed by atoms with Gasteiger partial charge in [-0.05, 0) is 17.7 Å². The molecule has 0 bridgehead atoms. The first kappa shape index (κ1) is 12.8. The van der Waals surface area contributed by atoms with Crippen LogP contribution in [0, 0.1) is 0 Å². The van der Waals surface area contributed by atoms with Crippen LogP contribution >= 0.6 is 0 Å². The van der Waals surface area contributed by atoms with E-state index in [4.69, 9.17) is 10.3 Å². The summed E-state index contributed by atoms with van der Waals surface area (Å²) < 4.78 is 5.07. The zero-order valence-electron chi connectivity index (χ0n) is 10.5. The summed E-state index contributed by atoms with van der Waals surface area (Å²) >= 11 is 0. The normalized spacial score (nSPS) is 12.2. The van der Waals surface area contributed by atoms with Gasteiger partial charge in [-0.25, -0.2) is 10.2 Å². The van der Waals surface area contributed by atoms with Gasteiger partial charge in [0.25, 0.3) is 0 Å². The first-order valence-corrected chi connectivity index (χ1v) is 5.80. The van der Waals surface area contributed by atoms with E-state index in [0.29, 0.717) is 12.3 Å². The largest absolute Gasteiger partial charge is 0.417 e. The molecule has 0 aliphatic rings. The second-order valence-electron chi connectivity index (χ2n) is 4.92. The lowest BCUT2D eigenvalue weighted by atomic mass is 9.84. The van der Waals surface area contributed by atoms with Gasteiger partial charge in [0.1, 0.15) is 0 Å². The number of oxazole rings is 1. The van der Waals surface area contributed by atoms with E-state index in [9.17, 15) is 4.79 Å². The summed E-state index contributed by atoms with van der Waals surface area (Å²) in [5, 5.41) is 3.19. The van der Waals surface area contributed by atoms with Crippen LogP contribution in [0.15, 0.2) is 27.4 Å². The number of aromatic nitrogens is 1. The Balaban J connectivity index is 2.25. The molecule has 18 heavy (non-hydrogen) atoms. The number of nitrogens with two attached hydrogens (primary N) is 1. The molecule has 98 valence electrons. The zero-order chi connectivity index (χ0) is 13.2. The van der Waals surface area contributed by atoms with Crippen molar-refractivity contribution in [3.05, 3.63) is 34.3 Å². The van der Waals surface area contributed by atoms with E-state index in [1.165, 1.54) is 0 Å². The number of hydrogen-bond donors (Lipinski definition) is 4. The molecular formula is C12H18N4O2. The first-order chi connectivity index (χ1) is 8.53. The van der Waals surface area contributed by atoms with Crippen molar-refractivity contribution in [3.63, 3.8) is 0 Å². The molecule has 1 aromatic carbocycles. The number of aromatic amines is 1. The third-order valence-corrected chi connectivity index (χ3v) is 3.00. The summed E-state index contributed by atoms with van der Waals surface area (Å²) in [7, 11) is 0. The van der Waals surface area contributed by atoms with Crippen molar-refractivity contribution in [1.82, 2.24) is 15.7 Å². The quantitative estimate of drug-likeness (QED) is 0.267. The van der Waals surface area contributed by atoms with E-state index < -0.39 is 5.76 Å². The number of hydrogen-bond acceptors (Lipinski definition) is 5. The molecule has 2 rings (SSSR count). The monoisotopic (exact) mass is 250 g/mol. The maximum Gasteiger partial charge on any atom is 0.417 e. The van der Waals surface area contributed by atoms with Gasteiger partial charge in [0.2, 0.25) is 0 Å². The van der Waals surface area contributed by atoms with Crippen LogP contribution in [0.5, 0.6) is 0 Å². The van der Waals surface area contributed by atoms with Gasteiger partial charge in [-0.1, -0.05) is 19.9 Å². The first-order valence-electron chi connectivity index (χ1n) is 5.80. The Hall–Kier alpha value is -1.63. The van der Waals surface area contributed by atoms with E-state index in [-0.39, 0.29) is 5.41 Å². The van der Waals surface area contributed by atoms with Gasteiger partial charge in [0.05, 0.1) is 12.2 Å². The molecule has 0 aliphatic heterocycles. The minimum Gasteiger partial charge on any atom is -0.408 e. The van der Waals surface area contributed by atoms with Crippen LogP contribution in [0.1, 0.15) is 19.4 Å². The van der Waals surface area contributed by atoms with Gasteiger partial charge in [0, 0.05) is 12.0 Å². The summed E-state index contributed by atoms with van der Waals surface area (Å²) in [6.45, 7) is 5.53. The van der Waals surface area contributed by atoms with Crippen molar-refractivity contribution in [2.24, 2.45) is 5.84 Å². The van der Waals surface area contributed by atoms with Crippen LogP contribution in [0.2, 0.25) is 0 Å². The number of hydrazine groups is 1. The summed E-state index contributed by atoms with van der Waals surface area (Å²) in [4.78, 5) is 13.7. The van der Waals surface area contributed by atoms with E-state index >= 15 is 0 Å². The summed E-state index contributed by atoms with van der Waals surface area (Å²) in [6.07, 6.45) is 0. The number of rotatable bonds is 5. The molecule has 1 heterocycles. The minimum atomic E-state index is -0.426. The Morgan fingerprint density at radius 3 is 2.94 bits per heavy atom. The molecule has 0 radical (unpaired) electrons. The molecular weight excluding hydrogens is 232 g/mol. The third-order valence-electron chi connectivity index (χ3n) is 3.00. The van der Waals surface area contributed by atoms with Crippen molar-refractivity contribution >= 4 is 11.1 Å². The average molecular weight is 250 g/mol. The Bertz CT molecular complexity index is 585. The average Bonchev–Trinajstić information content (AvgIpc) is 2.68. The molecule has 2 aromatic rings. The SMILES string of the molecule is CC(C)(CNCNN)c1ccc2[nH]c(=O)oc2c1. The number of nitrogens with one attached hydrogen (secondary N) is 3. The van der Waals surface area contributed by atoms with Crippen molar-refractivity contribution in [3.8, 4) is 0 Å². The van der Waals surface area contributed by atoms with Gasteiger partial charge < -0.3 is 9.73 Å². The second-order valence-corrected chi connectivity index (χ2v) is 4.92. The zero-order valence-corrected chi connectivity index (χ0v) is 10.5. The Morgan fingerprint density at radius 1 is 1.44 bits per heavy atom.